The predicted octanol–water partition coefficient (Wildman–Crippen LogP) is 3.63. The third-order valence-electron chi connectivity index (χ3n) is 2.79. The summed E-state index contributed by atoms with van der Waals surface area (Å²) in [4.78, 5) is 0. The molecule has 0 saturated carbocycles. The van der Waals surface area contributed by atoms with Gasteiger partial charge in [0.2, 0.25) is 0 Å². The van der Waals surface area contributed by atoms with Crippen molar-refractivity contribution in [3.8, 4) is 17.2 Å². The molecule has 94 valence electrons. The molecule has 0 aromatic heterocycles. The second-order valence-electron chi connectivity index (χ2n) is 3.97. The first-order chi connectivity index (χ1) is 8.74. The molecule has 2 aromatic carbocycles. The number of benzene rings is 2. The smallest absolute Gasteiger partial charge is 0.145 e. The van der Waals surface area contributed by atoms with Crippen LogP contribution in [-0.4, -0.2) is 7.11 Å². The fraction of sp³-hybridized carbons (Fsp3) is 0.200. The molecule has 0 bridgehead atoms. The lowest BCUT2D eigenvalue weighted by Crippen LogP contribution is -1.94. The maximum Gasteiger partial charge on any atom is 0.145 e. The van der Waals surface area contributed by atoms with Gasteiger partial charge in [0.1, 0.15) is 17.2 Å². The quantitative estimate of drug-likeness (QED) is 0.834. The summed E-state index contributed by atoms with van der Waals surface area (Å²) in [5.41, 5.74) is 7.55. The zero-order valence-electron chi connectivity index (χ0n) is 10.6. The first-order valence-corrected chi connectivity index (χ1v) is 5.94. The molecule has 0 saturated heterocycles. The Bertz CT molecular complexity index is 538. The van der Waals surface area contributed by atoms with Gasteiger partial charge in [-0.05, 0) is 30.2 Å². The first-order valence-electron chi connectivity index (χ1n) is 5.94. The third-order valence-corrected chi connectivity index (χ3v) is 2.79. The summed E-state index contributed by atoms with van der Waals surface area (Å²) in [5, 5.41) is 0. The number of rotatable bonds is 4. The van der Waals surface area contributed by atoms with Crippen LogP contribution in [0.3, 0.4) is 0 Å². The number of hydrogen-bond donors (Lipinski definition) is 1. The first kappa shape index (κ1) is 12.3. The molecule has 0 aliphatic rings. The van der Waals surface area contributed by atoms with E-state index in [9.17, 15) is 0 Å². The van der Waals surface area contributed by atoms with Crippen LogP contribution in [0.2, 0.25) is 0 Å². The average Bonchev–Trinajstić information content (AvgIpc) is 2.41. The molecule has 2 rings (SSSR count). The van der Waals surface area contributed by atoms with Crippen LogP contribution in [0.1, 0.15) is 12.5 Å². The summed E-state index contributed by atoms with van der Waals surface area (Å²) in [6.07, 6.45) is 0.933. The van der Waals surface area contributed by atoms with E-state index in [4.69, 9.17) is 15.2 Å². The fourth-order valence-corrected chi connectivity index (χ4v) is 1.78. The van der Waals surface area contributed by atoms with Crippen molar-refractivity contribution in [3.63, 3.8) is 0 Å². The SMILES string of the molecule is CCc1ccccc1Oc1ccc(N)c(OC)c1. The lowest BCUT2D eigenvalue weighted by molar-refractivity contribution is 0.411. The van der Waals surface area contributed by atoms with Crippen LogP contribution >= 0.6 is 0 Å². The highest BCUT2D eigenvalue weighted by Crippen LogP contribution is 2.31. The number of para-hydroxylation sites is 1. The van der Waals surface area contributed by atoms with Crippen LogP contribution in [0.4, 0.5) is 5.69 Å². The van der Waals surface area contributed by atoms with Crippen molar-refractivity contribution in [1.29, 1.82) is 0 Å². The molecule has 0 aliphatic carbocycles. The lowest BCUT2D eigenvalue weighted by Gasteiger charge is -2.11. The Labute approximate surface area is 107 Å². The van der Waals surface area contributed by atoms with Crippen molar-refractivity contribution in [1.82, 2.24) is 0 Å². The largest absolute Gasteiger partial charge is 0.494 e. The minimum absolute atomic E-state index is 0.605. The lowest BCUT2D eigenvalue weighted by atomic mass is 10.1. The Balaban J connectivity index is 2.28. The maximum absolute atomic E-state index is 5.86. The van der Waals surface area contributed by atoms with Crippen LogP contribution in [0.15, 0.2) is 42.5 Å². The van der Waals surface area contributed by atoms with Gasteiger partial charge < -0.3 is 15.2 Å². The number of nitrogens with two attached hydrogens (primary N) is 1. The van der Waals surface area contributed by atoms with E-state index >= 15 is 0 Å². The number of aryl methyl sites for hydroxylation is 1. The Kier molecular flexibility index (Phi) is 3.72. The molecular formula is C15H17NO2. The molecule has 0 radical (unpaired) electrons. The molecule has 0 unspecified atom stereocenters. The summed E-state index contributed by atoms with van der Waals surface area (Å²) in [6, 6.07) is 13.4. The predicted molar refractivity (Wildman–Crippen MR) is 73.3 cm³/mol. The zero-order valence-corrected chi connectivity index (χ0v) is 10.6. The topological polar surface area (TPSA) is 44.5 Å². The summed E-state index contributed by atoms with van der Waals surface area (Å²) >= 11 is 0. The minimum atomic E-state index is 0.605. The highest BCUT2D eigenvalue weighted by atomic mass is 16.5. The van der Waals surface area contributed by atoms with Crippen molar-refractivity contribution in [2.24, 2.45) is 0 Å². The summed E-state index contributed by atoms with van der Waals surface area (Å²) in [5.74, 6) is 2.22. The van der Waals surface area contributed by atoms with Crippen molar-refractivity contribution >= 4 is 5.69 Å². The summed E-state index contributed by atoms with van der Waals surface area (Å²) < 4.78 is 11.0. The second kappa shape index (κ2) is 5.45. The number of methoxy groups -OCH3 is 1. The maximum atomic E-state index is 5.86. The van der Waals surface area contributed by atoms with E-state index in [1.54, 1.807) is 19.2 Å². The van der Waals surface area contributed by atoms with Gasteiger partial charge in [0.15, 0.2) is 0 Å². The number of hydrogen-bond acceptors (Lipinski definition) is 3. The molecule has 18 heavy (non-hydrogen) atoms. The van der Waals surface area contributed by atoms with E-state index in [2.05, 4.69) is 13.0 Å². The molecule has 3 nitrogen and oxygen atoms in total. The highest BCUT2D eigenvalue weighted by molar-refractivity contribution is 5.56. The number of anilines is 1. The van der Waals surface area contributed by atoms with E-state index in [1.165, 1.54) is 5.56 Å². The summed E-state index contributed by atoms with van der Waals surface area (Å²) in [6.45, 7) is 2.10. The molecule has 2 N–H and O–H groups in total. The Hall–Kier alpha value is -2.16. The molecule has 0 fully saturated rings. The molecule has 0 amide bonds. The van der Waals surface area contributed by atoms with E-state index in [-0.39, 0.29) is 0 Å². The van der Waals surface area contributed by atoms with Crippen molar-refractivity contribution < 1.29 is 9.47 Å². The van der Waals surface area contributed by atoms with E-state index in [0.717, 1.165) is 17.9 Å². The van der Waals surface area contributed by atoms with E-state index in [1.807, 2.05) is 24.3 Å². The molecule has 0 heterocycles. The van der Waals surface area contributed by atoms with Crippen LogP contribution in [0.5, 0.6) is 17.2 Å². The van der Waals surface area contributed by atoms with Gasteiger partial charge in [0, 0.05) is 6.07 Å². The van der Waals surface area contributed by atoms with E-state index in [0.29, 0.717) is 11.4 Å². The molecule has 0 atom stereocenters. The van der Waals surface area contributed by atoms with Gasteiger partial charge in [-0.15, -0.1) is 0 Å². The van der Waals surface area contributed by atoms with Gasteiger partial charge in [-0.25, -0.2) is 0 Å². The molecule has 0 aliphatic heterocycles. The summed E-state index contributed by atoms with van der Waals surface area (Å²) in [7, 11) is 1.59. The monoisotopic (exact) mass is 243 g/mol. The fourth-order valence-electron chi connectivity index (χ4n) is 1.78. The van der Waals surface area contributed by atoms with Crippen molar-refractivity contribution in [3.05, 3.63) is 48.0 Å². The molecule has 3 heteroatoms. The van der Waals surface area contributed by atoms with Crippen LogP contribution in [0, 0.1) is 0 Å². The zero-order chi connectivity index (χ0) is 13.0. The van der Waals surface area contributed by atoms with Gasteiger partial charge in [-0.2, -0.15) is 0 Å². The normalized spacial score (nSPS) is 10.1. The van der Waals surface area contributed by atoms with Crippen LogP contribution in [-0.2, 0) is 6.42 Å². The minimum Gasteiger partial charge on any atom is -0.494 e. The van der Waals surface area contributed by atoms with Gasteiger partial charge in [-0.1, -0.05) is 25.1 Å². The Morgan fingerprint density at radius 3 is 2.56 bits per heavy atom. The average molecular weight is 243 g/mol. The van der Waals surface area contributed by atoms with Gasteiger partial charge in [-0.3, -0.25) is 0 Å². The molecule has 2 aromatic rings. The Morgan fingerprint density at radius 2 is 1.83 bits per heavy atom. The van der Waals surface area contributed by atoms with Crippen molar-refractivity contribution in [2.45, 2.75) is 13.3 Å². The molecule has 0 spiro atoms. The van der Waals surface area contributed by atoms with Gasteiger partial charge in [0.25, 0.3) is 0 Å². The van der Waals surface area contributed by atoms with Crippen LogP contribution < -0.4 is 15.2 Å². The standard InChI is InChI=1S/C15H17NO2/c1-3-11-6-4-5-7-14(11)18-12-8-9-13(16)15(10-12)17-2/h4-10H,3,16H2,1-2H3. The van der Waals surface area contributed by atoms with E-state index < -0.39 is 0 Å². The van der Waals surface area contributed by atoms with Gasteiger partial charge >= 0.3 is 0 Å². The van der Waals surface area contributed by atoms with Crippen molar-refractivity contribution in [2.75, 3.05) is 12.8 Å². The second-order valence-corrected chi connectivity index (χ2v) is 3.97. The number of nitrogen functional groups attached to an aromatic ring is 1. The highest BCUT2D eigenvalue weighted by Gasteiger charge is 2.05. The number of ether oxygens (including phenoxy) is 2. The van der Waals surface area contributed by atoms with Gasteiger partial charge in [0.05, 0.1) is 12.8 Å². The van der Waals surface area contributed by atoms with Crippen LogP contribution in [0.25, 0.3) is 0 Å². The Morgan fingerprint density at radius 1 is 1.06 bits per heavy atom. The molecular weight excluding hydrogens is 226 g/mol. The third kappa shape index (κ3) is 2.56.